The number of halogens is 3. The molecule has 1 aromatic carbocycles. The zero-order chi connectivity index (χ0) is 24.5. The number of amides is 1. The molecule has 1 aliphatic rings. The quantitative estimate of drug-likeness (QED) is 0.518. The molecule has 3 heterocycles. The highest BCUT2D eigenvalue weighted by molar-refractivity contribution is 6.01. The molecule has 34 heavy (non-hydrogen) atoms. The van der Waals surface area contributed by atoms with Crippen LogP contribution in [0.4, 0.5) is 19.0 Å². The highest BCUT2D eigenvalue weighted by atomic mass is 19.4. The number of H-pyrrole nitrogens is 1. The van der Waals surface area contributed by atoms with Crippen LogP contribution in [0.3, 0.4) is 0 Å². The molecule has 2 unspecified atom stereocenters. The lowest BCUT2D eigenvalue weighted by molar-refractivity contribution is -0.137. The summed E-state index contributed by atoms with van der Waals surface area (Å²) in [5.41, 5.74) is 3.18. The lowest BCUT2D eigenvalue weighted by Gasteiger charge is -2.40. The molecule has 6 nitrogen and oxygen atoms in total. The number of carbonyl (C=O) groups excluding carboxylic acids is 1. The van der Waals surface area contributed by atoms with Gasteiger partial charge in [-0.2, -0.15) is 18.3 Å². The van der Waals surface area contributed by atoms with E-state index in [1.165, 1.54) is 6.07 Å². The lowest BCUT2D eigenvalue weighted by atomic mass is 9.89. The second kappa shape index (κ2) is 9.48. The minimum atomic E-state index is -4.43. The minimum Gasteiger partial charge on any atom is -0.368 e. The summed E-state index contributed by atoms with van der Waals surface area (Å²) < 4.78 is 38.5. The number of alkyl halides is 3. The van der Waals surface area contributed by atoms with Crippen LogP contribution < -0.4 is 5.32 Å². The maximum Gasteiger partial charge on any atom is 0.417 e. The van der Waals surface area contributed by atoms with Crippen LogP contribution in [0.2, 0.25) is 0 Å². The molecule has 0 spiro atoms. The molecule has 0 saturated carbocycles. The number of hydrogen-bond acceptors (Lipinski definition) is 4. The van der Waals surface area contributed by atoms with E-state index in [9.17, 15) is 18.0 Å². The summed E-state index contributed by atoms with van der Waals surface area (Å²) in [6.45, 7) is 6.97. The van der Waals surface area contributed by atoms with Crippen LogP contribution in [0.5, 0.6) is 0 Å². The molecular weight excluding hydrogens is 443 g/mol. The third kappa shape index (κ3) is 5.08. The van der Waals surface area contributed by atoms with Gasteiger partial charge < -0.3 is 10.2 Å². The van der Waals surface area contributed by atoms with E-state index in [0.29, 0.717) is 24.5 Å². The Bertz CT molecular complexity index is 1160. The Morgan fingerprint density at radius 1 is 1.21 bits per heavy atom. The van der Waals surface area contributed by atoms with Crippen molar-refractivity contribution in [3.63, 3.8) is 0 Å². The highest BCUT2D eigenvalue weighted by Gasteiger charge is 2.34. The average molecular weight is 472 g/mol. The largest absolute Gasteiger partial charge is 0.417 e. The number of anilines is 1. The van der Waals surface area contributed by atoms with Crippen LogP contribution in [0, 0.1) is 19.8 Å². The third-order valence-corrected chi connectivity index (χ3v) is 6.35. The minimum absolute atomic E-state index is 0.0712. The number of rotatable bonds is 5. The van der Waals surface area contributed by atoms with E-state index >= 15 is 0 Å². The maximum atomic E-state index is 13.8. The molecule has 2 N–H and O–H groups in total. The first-order valence-electron chi connectivity index (χ1n) is 11.3. The number of aromatic nitrogens is 3. The zero-order valence-electron chi connectivity index (χ0n) is 19.4. The topological polar surface area (TPSA) is 73.9 Å². The number of nitrogens with one attached hydrogen (secondary N) is 2. The molecule has 0 bridgehead atoms. The van der Waals surface area contributed by atoms with Crippen molar-refractivity contribution in [2.24, 2.45) is 5.92 Å². The molecule has 0 radical (unpaired) electrons. The highest BCUT2D eigenvalue weighted by Crippen LogP contribution is 2.31. The van der Waals surface area contributed by atoms with Gasteiger partial charge in [-0.3, -0.25) is 9.89 Å². The number of aromatic amines is 1. The SMILES string of the molecule is Cc1ccc(-c2cc(C)[nH]n2)c(C(=O)N2CCCC(C)C2CNc2ccc(C(F)(F)F)cn2)c1. The van der Waals surface area contributed by atoms with Gasteiger partial charge in [-0.1, -0.05) is 24.6 Å². The van der Waals surface area contributed by atoms with E-state index in [-0.39, 0.29) is 17.9 Å². The summed E-state index contributed by atoms with van der Waals surface area (Å²) in [5.74, 6) is 0.500. The number of carbonyl (C=O) groups is 1. The van der Waals surface area contributed by atoms with E-state index in [4.69, 9.17) is 0 Å². The summed E-state index contributed by atoms with van der Waals surface area (Å²) in [6.07, 6.45) is -1.74. The third-order valence-electron chi connectivity index (χ3n) is 6.35. The van der Waals surface area contributed by atoms with Gasteiger partial charge in [0.1, 0.15) is 5.82 Å². The molecule has 2 aromatic heterocycles. The van der Waals surface area contributed by atoms with Gasteiger partial charge >= 0.3 is 6.18 Å². The Kier molecular flexibility index (Phi) is 6.63. The van der Waals surface area contributed by atoms with E-state index in [2.05, 4.69) is 27.4 Å². The van der Waals surface area contributed by atoms with Gasteiger partial charge in [0, 0.05) is 36.1 Å². The zero-order valence-corrected chi connectivity index (χ0v) is 19.4. The average Bonchev–Trinajstić information content (AvgIpc) is 3.23. The molecule has 4 rings (SSSR count). The molecular formula is C25H28F3N5O. The smallest absolute Gasteiger partial charge is 0.368 e. The fourth-order valence-corrected chi connectivity index (χ4v) is 4.46. The van der Waals surface area contributed by atoms with E-state index in [1.54, 1.807) is 0 Å². The van der Waals surface area contributed by atoms with Crippen LogP contribution in [0.15, 0.2) is 42.6 Å². The fourth-order valence-electron chi connectivity index (χ4n) is 4.46. The number of aryl methyl sites for hydroxylation is 2. The van der Waals surface area contributed by atoms with Crippen LogP contribution >= 0.6 is 0 Å². The van der Waals surface area contributed by atoms with Crippen LogP contribution in [0.1, 0.15) is 46.9 Å². The van der Waals surface area contributed by atoms with Gasteiger partial charge in [0.05, 0.1) is 17.3 Å². The van der Waals surface area contributed by atoms with Gasteiger partial charge in [-0.05, 0) is 56.9 Å². The number of likely N-dealkylation sites (tertiary alicyclic amines) is 1. The van der Waals surface area contributed by atoms with Gasteiger partial charge in [-0.15, -0.1) is 0 Å². The number of pyridine rings is 1. The fraction of sp³-hybridized carbons (Fsp3) is 0.400. The second-order valence-electron chi connectivity index (χ2n) is 8.98. The number of hydrogen-bond donors (Lipinski definition) is 2. The molecule has 1 amide bonds. The Labute approximate surface area is 196 Å². The van der Waals surface area contributed by atoms with Gasteiger partial charge in [0.15, 0.2) is 0 Å². The van der Waals surface area contributed by atoms with Crippen molar-refractivity contribution < 1.29 is 18.0 Å². The molecule has 0 aliphatic carbocycles. The van der Waals surface area contributed by atoms with Crippen molar-refractivity contribution in [2.75, 3.05) is 18.4 Å². The van der Waals surface area contributed by atoms with Crippen molar-refractivity contribution >= 4 is 11.7 Å². The van der Waals surface area contributed by atoms with Crippen molar-refractivity contribution in [1.82, 2.24) is 20.1 Å². The molecule has 2 atom stereocenters. The van der Waals surface area contributed by atoms with E-state index in [0.717, 1.165) is 47.6 Å². The monoisotopic (exact) mass is 471 g/mol. The van der Waals surface area contributed by atoms with E-state index in [1.807, 2.05) is 43.0 Å². The normalized spacial score (nSPS) is 18.7. The van der Waals surface area contributed by atoms with Gasteiger partial charge in [-0.25, -0.2) is 4.98 Å². The molecule has 3 aromatic rings. The van der Waals surface area contributed by atoms with Crippen LogP contribution in [0.25, 0.3) is 11.3 Å². The van der Waals surface area contributed by atoms with E-state index < -0.39 is 11.7 Å². The predicted octanol–water partition coefficient (Wildman–Crippen LogP) is 5.46. The summed E-state index contributed by atoms with van der Waals surface area (Å²) in [4.78, 5) is 19.6. The van der Waals surface area contributed by atoms with Crippen LogP contribution in [-0.2, 0) is 6.18 Å². The molecule has 1 saturated heterocycles. The first-order chi connectivity index (χ1) is 16.1. The van der Waals surface area contributed by atoms with Gasteiger partial charge in [0.2, 0.25) is 0 Å². The lowest BCUT2D eigenvalue weighted by Crippen LogP contribution is -2.51. The number of piperidine rings is 1. The first-order valence-corrected chi connectivity index (χ1v) is 11.3. The summed E-state index contributed by atoms with van der Waals surface area (Å²) in [7, 11) is 0. The van der Waals surface area contributed by atoms with Crippen molar-refractivity contribution in [3.05, 3.63) is 65.0 Å². The summed E-state index contributed by atoms with van der Waals surface area (Å²) >= 11 is 0. The molecule has 180 valence electrons. The molecule has 9 heteroatoms. The van der Waals surface area contributed by atoms with Crippen LogP contribution in [-0.4, -0.2) is 45.1 Å². The number of nitrogens with zero attached hydrogens (tertiary/aromatic N) is 3. The van der Waals surface area contributed by atoms with Crippen molar-refractivity contribution in [2.45, 2.75) is 45.8 Å². The first kappa shape index (κ1) is 23.8. The Balaban J connectivity index is 1.57. The van der Waals surface area contributed by atoms with Crippen molar-refractivity contribution in [3.8, 4) is 11.3 Å². The Morgan fingerprint density at radius 2 is 2.00 bits per heavy atom. The molecule has 1 fully saturated rings. The standard InChI is InChI=1S/C25H28F3N5O/c1-15-6-8-19(21-12-17(3)31-32-21)20(11-15)24(34)33-10-4-5-16(2)22(33)14-30-23-9-7-18(13-29-23)25(26,27)28/h6-9,11-13,16,22H,4-5,10,14H2,1-3H3,(H,29,30)(H,31,32). The Morgan fingerprint density at radius 3 is 2.65 bits per heavy atom. The van der Waals surface area contributed by atoms with Crippen molar-refractivity contribution in [1.29, 1.82) is 0 Å². The number of benzene rings is 1. The van der Waals surface area contributed by atoms with Gasteiger partial charge in [0.25, 0.3) is 5.91 Å². The predicted molar refractivity (Wildman–Crippen MR) is 124 cm³/mol. The molecule has 1 aliphatic heterocycles. The summed E-state index contributed by atoms with van der Waals surface area (Å²) in [6, 6.07) is 9.89. The Hall–Kier alpha value is -3.36. The maximum absolute atomic E-state index is 13.8. The summed E-state index contributed by atoms with van der Waals surface area (Å²) in [5, 5.41) is 10.4. The second-order valence-corrected chi connectivity index (χ2v) is 8.98.